The first-order valence-corrected chi connectivity index (χ1v) is 4.93. The summed E-state index contributed by atoms with van der Waals surface area (Å²) in [7, 11) is 0. The van der Waals surface area contributed by atoms with E-state index in [9.17, 15) is 13.2 Å². The predicted molar refractivity (Wildman–Crippen MR) is 52.8 cm³/mol. The van der Waals surface area contributed by atoms with E-state index < -0.39 is 11.7 Å². The van der Waals surface area contributed by atoms with Gasteiger partial charge in [0.05, 0.1) is 16.3 Å². The van der Waals surface area contributed by atoms with E-state index in [0.29, 0.717) is 0 Å². The van der Waals surface area contributed by atoms with Gasteiger partial charge in [-0.3, -0.25) is 0 Å². The summed E-state index contributed by atoms with van der Waals surface area (Å²) < 4.78 is 37.9. The van der Waals surface area contributed by atoms with Crippen molar-refractivity contribution in [2.75, 3.05) is 5.73 Å². The summed E-state index contributed by atoms with van der Waals surface area (Å²) in [6.07, 6.45) is -2.76. The topological polar surface area (TPSA) is 26.0 Å². The molecule has 0 unspecified atom stereocenters. The Balaban J connectivity index is 2.55. The summed E-state index contributed by atoms with van der Waals surface area (Å²) in [5.41, 5.74) is 5.35. The Kier molecular flexibility index (Phi) is 2.34. The van der Waals surface area contributed by atoms with E-state index in [4.69, 9.17) is 17.3 Å². The van der Waals surface area contributed by atoms with Crippen molar-refractivity contribution in [2.24, 2.45) is 0 Å². The molecule has 1 nitrogen and oxygen atoms in total. The maximum absolute atomic E-state index is 12.6. The highest BCUT2D eigenvalue weighted by atomic mass is 35.5. The maximum atomic E-state index is 12.6. The highest BCUT2D eigenvalue weighted by Gasteiger charge is 2.38. The fourth-order valence-electron chi connectivity index (χ4n) is 1.59. The van der Waals surface area contributed by atoms with E-state index in [-0.39, 0.29) is 22.2 Å². The van der Waals surface area contributed by atoms with Crippen molar-refractivity contribution in [2.45, 2.75) is 24.9 Å². The molecule has 1 saturated carbocycles. The van der Waals surface area contributed by atoms with Gasteiger partial charge in [-0.1, -0.05) is 11.6 Å². The average molecular weight is 236 g/mol. The monoisotopic (exact) mass is 235 g/mol. The van der Waals surface area contributed by atoms with Crippen LogP contribution in [0, 0.1) is 0 Å². The van der Waals surface area contributed by atoms with Crippen LogP contribution in [0.1, 0.15) is 29.9 Å². The summed E-state index contributed by atoms with van der Waals surface area (Å²) in [5, 5.41) is -0.0354. The molecule has 1 aromatic carbocycles. The zero-order valence-electron chi connectivity index (χ0n) is 7.74. The first-order valence-electron chi connectivity index (χ1n) is 4.55. The van der Waals surface area contributed by atoms with Crippen molar-refractivity contribution in [3.63, 3.8) is 0 Å². The zero-order valence-corrected chi connectivity index (χ0v) is 8.49. The van der Waals surface area contributed by atoms with E-state index in [0.717, 1.165) is 18.9 Å². The predicted octanol–water partition coefficient (Wildman–Crippen LogP) is 3.82. The van der Waals surface area contributed by atoms with Crippen molar-refractivity contribution >= 4 is 17.3 Å². The van der Waals surface area contributed by atoms with Gasteiger partial charge in [0, 0.05) is 0 Å². The Bertz CT molecular complexity index is 396. The molecule has 0 bridgehead atoms. The third-order valence-electron chi connectivity index (χ3n) is 2.49. The van der Waals surface area contributed by atoms with Gasteiger partial charge in [0.25, 0.3) is 0 Å². The third-order valence-corrected chi connectivity index (χ3v) is 2.82. The van der Waals surface area contributed by atoms with Crippen LogP contribution in [0.3, 0.4) is 0 Å². The lowest BCUT2D eigenvalue weighted by molar-refractivity contribution is -0.138. The van der Waals surface area contributed by atoms with E-state index in [1.807, 2.05) is 0 Å². The SMILES string of the molecule is Nc1cc(C2CC2)c(C(F)(F)F)cc1Cl. The van der Waals surface area contributed by atoms with Crippen molar-refractivity contribution in [1.82, 2.24) is 0 Å². The molecule has 0 aliphatic heterocycles. The molecule has 15 heavy (non-hydrogen) atoms. The first-order chi connectivity index (χ1) is 6.89. The first kappa shape index (κ1) is 10.6. The van der Waals surface area contributed by atoms with Crippen molar-refractivity contribution in [3.8, 4) is 0 Å². The largest absolute Gasteiger partial charge is 0.416 e. The summed E-state index contributed by atoms with van der Waals surface area (Å²) in [6.45, 7) is 0. The maximum Gasteiger partial charge on any atom is 0.416 e. The van der Waals surface area contributed by atoms with Crippen LogP contribution in [0.5, 0.6) is 0 Å². The Morgan fingerprint density at radius 2 is 1.87 bits per heavy atom. The van der Waals surface area contributed by atoms with Crippen LogP contribution in [0.2, 0.25) is 5.02 Å². The molecular formula is C10H9ClF3N. The second-order valence-corrected chi connectivity index (χ2v) is 4.14. The molecular weight excluding hydrogens is 227 g/mol. The van der Waals surface area contributed by atoms with Gasteiger partial charge in [0.1, 0.15) is 0 Å². The molecule has 0 heterocycles. The molecule has 1 aliphatic carbocycles. The van der Waals surface area contributed by atoms with Gasteiger partial charge in [-0.05, 0) is 36.5 Å². The van der Waals surface area contributed by atoms with Gasteiger partial charge in [0.15, 0.2) is 0 Å². The lowest BCUT2D eigenvalue weighted by atomic mass is 10.0. The number of benzene rings is 1. The second kappa shape index (κ2) is 3.30. The Morgan fingerprint density at radius 1 is 1.27 bits per heavy atom. The molecule has 5 heteroatoms. The smallest absolute Gasteiger partial charge is 0.398 e. The van der Waals surface area contributed by atoms with Crippen molar-refractivity contribution < 1.29 is 13.2 Å². The van der Waals surface area contributed by atoms with Crippen LogP contribution in [0.4, 0.5) is 18.9 Å². The standard InChI is InChI=1S/C10H9ClF3N/c11-8-4-7(10(12,13)14)6(3-9(8)15)5-1-2-5/h3-5H,1-2,15H2. The highest BCUT2D eigenvalue weighted by Crippen LogP contribution is 2.47. The molecule has 1 fully saturated rings. The van der Waals surface area contributed by atoms with Crippen LogP contribution in [-0.4, -0.2) is 0 Å². The Labute approximate surface area is 90.0 Å². The summed E-state index contributed by atoms with van der Waals surface area (Å²) in [5.74, 6) is 0.00110. The summed E-state index contributed by atoms with van der Waals surface area (Å²) in [4.78, 5) is 0. The van der Waals surface area contributed by atoms with Gasteiger partial charge in [0.2, 0.25) is 0 Å². The van der Waals surface area contributed by atoms with Crippen LogP contribution < -0.4 is 5.73 Å². The number of alkyl halides is 3. The molecule has 82 valence electrons. The summed E-state index contributed by atoms with van der Waals surface area (Å²) in [6, 6.07) is 2.27. The van der Waals surface area contributed by atoms with Gasteiger partial charge < -0.3 is 5.73 Å². The average Bonchev–Trinajstić information content (AvgIpc) is 2.89. The molecule has 1 aromatic rings. The molecule has 0 radical (unpaired) electrons. The van der Waals surface area contributed by atoms with E-state index in [2.05, 4.69) is 0 Å². The fraction of sp³-hybridized carbons (Fsp3) is 0.400. The van der Waals surface area contributed by atoms with Gasteiger partial charge in [-0.2, -0.15) is 13.2 Å². The Hall–Kier alpha value is -0.900. The quantitative estimate of drug-likeness (QED) is 0.736. The lowest BCUT2D eigenvalue weighted by Crippen LogP contribution is -2.09. The van der Waals surface area contributed by atoms with E-state index in [1.54, 1.807) is 0 Å². The van der Waals surface area contributed by atoms with Gasteiger partial charge >= 0.3 is 6.18 Å². The number of anilines is 1. The van der Waals surface area contributed by atoms with E-state index in [1.165, 1.54) is 6.07 Å². The minimum Gasteiger partial charge on any atom is -0.398 e. The molecule has 0 spiro atoms. The molecule has 2 rings (SSSR count). The lowest BCUT2D eigenvalue weighted by Gasteiger charge is -2.14. The number of rotatable bonds is 1. The Morgan fingerprint density at radius 3 is 2.33 bits per heavy atom. The van der Waals surface area contributed by atoms with Gasteiger partial charge in [-0.25, -0.2) is 0 Å². The normalized spacial score (nSPS) is 16.8. The second-order valence-electron chi connectivity index (χ2n) is 3.73. The summed E-state index contributed by atoms with van der Waals surface area (Å²) >= 11 is 5.59. The number of nitrogens with two attached hydrogens (primary N) is 1. The van der Waals surface area contributed by atoms with Crippen LogP contribution in [0.15, 0.2) is 12.1 Å². The molecule has 2 N–H and O–H groups in total. The van der Waals surface area contributed by atoms with Gasteiger partial charge in [-0.15, -0.1) is 0 Å². The van der Waals surface area contributed by atoms with E-state index >= 15 is 0 Å². The number of hydrogen-bond acceptors (Lipinski definition) is 1. The molecule has 1 aliphatic rings. The number of hydrogen-bond donors (Lipinski definition) is 1. The highest BCUT2D eigenvalue weighted by molar-refractivity contribution is 6.33. The molecule has 0 saturated heterocycles. The van der Waals surface area contributed by atoms with Crippen LogP contribution in [0.25, 0.3) is 0 Å². The molecule has 0 aromatic heterocycles. The zero-order chi connectivity index (χ0) is 11.2. The number of nitrogen functional groups attached to an aromatic ring is 1. The minimum atomic E-state index is -4.35. The van der Waals surface area contributed by atoms with Crippen molar-refractivity contribution in [1.29, 1.82) is 0 Å². The number of halogens is 4. The third kappa shape index (κ3) is 2.04. The van der Waals surface area contributed by atoms with Crippen molar-refractivity contribution in [3.05, 3.63) is 28.3 Å². The fourth-order valence-corrected chi connectivity index (χ4v) is 1.75. The molecule has 0 atom stereocenters. The minimum absolute atomic E-state index is 0.00110. The molecule has 0 amide bonds. The van der Waals surface area contributed by atoms with Crippen LogP contribution >= 0.6 is 11.6 Å². The van der Waals surface area contributed by atoms with Crippen LogP contribution in [-0.2, 0) is 6.18 Å².